The Morgan fingerprint density at radius 3 is 3.04 bits per heavy atom. The van der Waals surface area contributed by atoms with Gasteiger partial charge in [0.15, 0.2) is 10.2 Å². The van der Waals surface area contributed by atoms with E-state index in [1.165, 1.54) is 0 Å². The number of nitrogens with one attached hydrogen (secondary N) is 1. The molecule has 134 valence electrons. The largest absolute Gasteiger partial charge is 0.464 e. The van der Waals surface area contributed by atoms with Crippen molar-refractivity contribution in [3.63, 3.8) is 0 Å². The van der Waals surface area contributed by atoms with Crippen molar-refractivity contribution in [2.75, 3.05) is 6.54 Å². The minimum absolute atomic E-state index is 0.0603. The third-order valence-corrected chi connectivity index (χ3v) is 5.19. The van der Waals surface area contributed by atoms with Crippen LogP contribution < -0.4 is 5.43 Å². The Kier molecular flexibility index (Phi) is 4.46. The number of hydrogen-bond acceptors (Lipinski definition) is 5. The molecule has 26 heavy (non-hydrogen) atoms. The van der Waals surface area contributed by atoms with E-state index in [1.54, 1.807) is 6.26 Å². The van der Waals surface area contributed by atoms with E-state index in [1.807, 2.05) is 24.4 Å². The Balaban J connectivity index is 1.63. The van der Waals surface area contributed by atoms with Crippen LogP contribution in [-0.2, 0) is 19.5 Å². The summed E-state index contributed by atoms with van der Waals surface area (Å²) in [4.78, 5) is 22.5. The molecular formula is C20H21N3O2S. The van der Waals surface area contributed by atoms with Crippen LogP contribution in [0.5, 0.6) is 0 Å². The molecule has 5 nitrogen and oxygen atoms in total. The van der Waals surface area contributed by atoms with Gasteiger partial charge in [-0.1, -0.05) is 19.9 Å². The van der Waals surface area contributed by atoms with Crippen LogP contribution in [0.1, 0.15) is 42.1 Å². The summed E-state index contributed by atoms with van der Waals surface area (Å²) in [7, 11) is 0. The molecule has 0 aliphatic carbocycles. The fourth-order valence-electron chi connectivity index (χ4n) is 3.44. The quantitative estimate of drug-likeness (QED) is 0.711. The lowest BCUT2D eigenvalue weighted by Gasteiger charge is -2.27. The smallest absolute Gasteiger partial charge is 0.197 e. The highest BCUT2D eigenvalue weighted by Gasteiger charge is 2.19. The molecule has 3 aromatic rings. The highest BCUT2D eigenvalue weighted by Crippen LogP contribution is 2.21. The molecule has 0 unspecified atom stereocenters. The zero-order valence-electron chi connectivity index (χ0n) is 14.9. The maximum Gasteiger partial charge on any atom is 0.197 e. The molecule has 0 radical (unpaired) electrons. The van der Waals surface area contributed by atoms with Gasteiger partial charge in [-0.25, -0.2) is 4.98 Å². The van der Waals surface area contributed by atoms with Gasteiger partial charge in [-0.15, -0.1) is 0 Å². The van der Waals surface area contributed by atoms with E-state index in [4.69, 9.17) is 16.6 Å². The Hall–Kier alpha value is -2.31. The Bertz CT molecular complexity index is 1080. The summed E-state index contributed by atoms with van der Waals surface area (Å²) in [6.07, 6.45) is 4.31. The van der Waals surface area contributed by atoms with E-state index in [9.17, 15) is 4.79 Å². The fourth-order valence-corrected chi connectivity index (χ4v) is 3.61. The van der Waals surface area contributed by atoms with Crippen LogP contribution in [0.15, 0.2) is 39.9 Å². The third-order valence-electron chi connectivity index (χ3n) is 4.98. The van der Waals surface area contributed by atoms with E-state index in [-0.39, 0.29) is 5.43 Å². The predicted octanol–water partition coefficient (Wildman–Crippen LogP) is 3.93. The zero-order valence-corrected chi connectivity index (χ0v) is 15.7. The van der Waals surface area contributed by atoms with Crippen LogP contribution in [0.3, 0.4) is 0 Å². The number of H-pyrrole nitrogens is 1. The monoisotopic (exact) mass is 367 g/mol. The third kappa shape index (κ3) is 3.22. The van der Waals surface area contributed by atoms with Gasteiger partial charge < -0.3 is 9.40 Å². The maximum atomic E-state index is 12.9. The van der Waals surface area contributed by atoms with Crippen LogP contribution >= 0.6 is 12.2 Å². The molecule has 0 atom stereocenters. The highest BCUT2D eigenvalue weighted by molar-refractivity contribution is 7.71. The molecule has 0 saturated heterocycles. The first-order valence-corrected chi connectivity index (χ1v) is 9.26. The molecule has 0 amide bonds. The second-order valence-electron chi connectivity index (χ2n) is 7.15. The lowest BCUT2D eigenvalue weighted by Crippen LogP contribution is -2.32. The van der Waals surface area contributed by atoms with Crippen LogP contribution in [0.2, 0.25) is 0 Å². The van der Waals surface area contributed by atoms with E-state index >= 15 is 0 Å². The molecule has 0 fully saturated rings. The molecule has 2 aromatic heterocycles. The number of hydrogen-bond donors (Lipinski definition) is 1. The van der Waals surface area contributed by atoms with Crippen LogP contribution in [0, 0.1) is 4.77 Å². The van der Waals surface area contributed by atoms with Gasteiger partial charge in [0.05, 0.1) is 11.6 Å². The molecule has 0 saturated carbocycles. The molecule has 4 rings (SSSR count). The molecule has 1 aliphatic heterocycles. The summed E-state index contributed by atoms with van der Waals surface area (Å²) >= 11 is 5.09. The molecule has 6 heteroatoms. The van der Waals surface area contributed by atoms with Crippen molar-refractivity contribution < 1.29 is 4.42 Å². The number of nitrogens with zero attached hydrogens (tertiary/aromatic N) is 2. The summed E-state index contributed by atoms with van der Waals surface area (Å²) in [5.41, 5.74) is 4.83. The van der Waals surface area contributed by atoms with Crippen LogP contribution in [0.25, 0.3) is 11.0 Å². The molecular weight excluding hydrogens is 346 g/mol. The van der Waals surface area contributed by atoms with Gasteiger partial charge in [-0.2, -0.15) is 0 Å². The number of aromatic amines is 1. The highest BCUT2D eigenvalue weighted by atomic mass is 32.1. The van der Waals surface area contributed by atoms with Crippen molar-refractivity contribution in [2.24, 2.45) is 0 Å². The normalized spacial score (nSPS) is 14.7. The second kappa shape index (κ2) is 6.78. The average molecular weight is 367 g/mol. The van der Waals surface area contributed by atoms with Crippen LogP contribution in [-0.4, -0.2) is 21.4 Å². The number of rotatable bonds is 3. The molecule has 1 aliphatic rings. The Morgan fingerprint density at radius 2 is 2.23 bits per heavy atom. The van der Waals surface area contributed by atoms with Gasteiger partial charge in [0.1, 0.15) is 5.58 Å². The molecule has 0 spiro atoms. The summed E-state index contributed by atoms with van der Waals surface area (Å²) in [5, 5.41) is 0.664. The van der Waals surface area contributed by atoms with Crippen molar-refractivity contribution in [1.29, 1.82) is 0 Å². The number of fused-ring (bicyclic) bond motifs is 2. The lowest BCUT2D eigenvalue weighted by molar-refractivity contribution is 0.240. The molecule has 1 N–H and O–H groups in total. The lowest BCUT2D eigenvalue weighted by atomic mass is 10.0. The number of aromatic nitrogens is 2. The van der Waals surface area contributed by atoms with Crippen molar-refractivity contribution in [2.45, 2.75) is 39.3 Å². The van der Waals surface area contributed by atoms with Gasteiger partial charge in [-0.05, 0) is 35.8 Å². The first-order chi connectivity index (χ1) is 12.5. The van der Waals surface area contributed by atoms with Gasteiger partial charge in [0.25, 0.3) is 0 Å². The van der Waals surface area contributed by atoms with Crippen molar-refractivity contribution in [1.82, 2.24) is 14.9 Å². The summed E-state index contributed by atoms with van der Waals surface area (Å²) < 4.78 is 6.25. The van der Waals surface area contributed by atoms with E-state index < -0.39 is 0 Å². The van der Waals surface area contributed by atoms with E-state index in [0.717, 1.165) is 36.3 Å². The summed E-state index contributed by atoms with van der Waals surface area (Å²) in [6.45, 7) is 6.43. The first kappa shape index (κ1) is 17.1. The minimum atomic E-state index is 0.0603. The summed E-state index contributed by atoms with van der Waals surface area (Å²) in [5.74, 6) is 0.374. The fraction of sp³-hybridized carbons (Fsp3) is 0.350. The SMILES string of the molecule is CC(C)c1ccc2occ(CN3CCc4[nH]c(=S)ncc4C3)c(=O)c2c1. The Labute approximate surface area is 156 Å². The van der Waals surface area contributed by atoms with Gasteiger partial charge in [0, 0.05) is 49.1 Å². The minimum Gasteiger partial charge on any atom is -0.464 e. The zero-order chi connectivity index (χ0) is 18.3. The second-order valence-corrected chi connectivity index (χ2v) is 7.54. The maximum absolute atomic E-state index is 12.9. The Morgan fingerprint density at radius 1 is 1.38 bits per heavy atom. The van der Waals surface area contributed by atoms with Crippen molar-refractivity contribution in [3.8, 4) is 0 Å². The number of benzene rings is 1. The molecule has 1 aromatic carbocycles. The summed E-state index contributed by atoms with van der Waals surface area (Å²) in [6, 6.07) is 5.87. The van der Waals surface area contributed by atoms with Crippen molar-refractivity contribution in [3.05, 3.63) is 68.0 Å². The van der Waals surface area contributed by atoms with Crippen molar-refractivity contribution >= 4 is 23.2 Å². The average Bonchev–Trinajstić information content (AvgIpc) is 2.64. The van der Waals surface area contributed by atoms with E-state index in [0.29, 0.717) is 33.8 Å². The van der Waals surface area contributed by atoms with E-state index in [2.05, 4.69) is 28.7 Å². The predicted molar refractivity (Wildman–Crippen MR) is 104 cm³/mol. The van der Waals surface area contributed by atoms with Gasteiger partial charge in [0.2, 0.25) is 0 Å². The molecule has 3 heterocycles. The van der Waals surface area contributed by atoms with Crippen LogP contribution in [0.4, 0.5) is 0 Å². The van der Waals surface area contributed by atoms with Gasteiger partial charge in [-0.3, -0.25) is 9.69 Å². The topological polar surface area (TPSA) is 62.1 Å². The molecule has 0 bridgehead atoms. The standard InChI is InChI=1S/C20H21N3O2S/c1-12(2)13-3-4-18-16(7-13)19(24)15(11-25-18)10-23-6-5-17-14(9-23)8-21-20(26)22-17/h3-4,7-8,11-12H,5-6,9-10H2,1-2H3,(H,21,22,26). The van der Waals surface area contributed by atoms with Gasteiger partial charge >= 0.3 is 0 Å². The first-order valence-electron chi connectivity index (χ1n) is 8.85.